The summed E-state index contributed by atoms with van der Waals surface area (Å²) in [5.74, 6) is 0.485. The number of nitrogens with zero attached hydrogens (tertiary/aromatic N) is 2. The zero-order chi connectivity index (χ0) is 6.69. The van der Waals surface area contributed by atoms with E-state index < -0.39 is 0 Å². The second-order valence-electron chi connectivity index (χ2n) is 2.28. The van der Waals surface area contributed by atoms with Gasteiger partial charge in [-0.05, 0) is 5.92 Å². The molecule has 2 nitrogen and oxygen atoms in total. The van der Waals surface area contributed by atoms with Crippen molar-refractivity contribution in [2.75, 3.05) is 0 Å². The maximum atomic E-state index is 4.12. The Bertz CT molecular complexity index is 170. The van der Waals surface area contributed by atoms with Gasteiger partial charge in [0.25, 0.3) is 0 Å². The fraction of sp³-hybridized carbons (Fsp3) is 0.500. The molecule has 0 aromatic carbocycles. The first-order valence-corrected chi connectivity index (χ1v) is 3.06. The molecule has 0 amide bonds. The Morgan fingerprint density at radius 3 is 2.30 bits per heavy atom. The lowest BCUT2D eigenvalue weighted by Crippen LogP contribution is -1.91. The summed E-state index contributed by atoms with van der Waals surface area (Å²) in [6.45, 7) is 4.20. The maximum absolute atomic E-state index is 4.12. The zero-order valence-corrected chi connectivity index (χ0v) is 5.70. The standard InChI is InChI=1S/C7H10N2.CH4/c1-6(2)7-5-8-3-4-9-7;/h3-6H,1-2H3;1H4. The molecule has 0 aliphatic heterocycles. The highest BCUT2D eigenvalue weighted by Gasteiger charge is 1.96. The summed E-state index contributed by atoms with van der Waals surface area (Å²) in [6, 6.07) is 0. The van der Waals surface area contributed by atoms with Gasteiger partial charge in [0.1, 0.15) is 0 Å². The van der Waals surface area contributed by atoms with Crippen molar-refractivity contribution in [2.24, 2.45) is 0 Å². The van der Waals surface area contributed by atoms with Crippen LogP contribution in [-0.4, -0.2) is 9.97 Å². The van der Waals surface area contributed by atoms with Gasteiger partial charge in [-0.3, -0.25) is 9.97 Å². The number of hydrogen-bond donors (Lipinski definition) is 0. The SMILES string of the molecule is C.CC(C)c1cnccn1. The van der Waals surface area contributed by atoms with Gasteiger partial charge in [-0.1, -0.05) is 21.3 Å². The van der Waals surface area contributed by atoms with Crippen LogP contribution in [0.25, 0.3) is 0 Å². The molecule has 10 heavy (non-hydrogen) atoms. The minimum atomic E-state index is 0. The van der Waals surface area contributed by atoms with Gasteiger partial charge in [0, 0.05) is 18.6 Å². The van der Waals surface area contributed by atoms with Crippen molar-refractivity contribution in [1.29, 1.82) is 0 Å². The van der Waals surface area contributed by atoms with Crippen LogP contribution < -0.4 is 0 Å². The van der Waals surface area contributed by atoms with E-state index in [-0.39, 0.29) is 7.43 Å². The molecule has 1 aromatic heterocycles. The number of hydrogen-bond acceptors (Lipinski definition) is 2. The fourth-order valence-corrected chi connectivity index (χ4v) is 0.609. The quantitative estimate of drug-likeness (QED) is 0.594. The molecule has 2 heteroatoms. The summed E-state index contributed by atoms with van der Waals surface area (Å²) >= 11 is 0. The molecule has 1 aromatic rings. The predicted molar refractivity (Wildman–Crippen MR) is 42.9 cm³/mol. The highest BCUT2D eigenvalue weighted by atomic mass is 14.8. The molecule has 0 unspecified atom stereocenters. The third-order valence-corrected chi connectivity index (χ3v) is 1.17. The summed E-state index contributed by atoms with van der Waals surface area (Å²) in [5, 5.41) is 0. The Morgan fingerprint density at radius 1 is 1.30 bits per heavy atom. The smallest absolute Gasteiger partial charge is 0.0612 e. The second kappa shape index (κ2) is 3.99. The summed E-state index contributed by atoms with van der Waals surface area (Å²) in [6.07, 6.45) is 5.20. The summed E-state index contributed by atoms with van der Waals surface area (Å²) in [5.41, 5.74) is 1.05. The largest absolute Gasteiger partial charge is 0.261 e. The minimum Gasteiger partial charge on any atom is -0.261 e. The average molecular weight is 138 g/mol. The van der Waals surface area contributed by atoms with Crippen molar-refractivity contribution in [2.45, 2.75) is 27.2 Å². The molecule has 56 valence electrons. The minimum absolute atomic E-state index is 0. The van der Waals surface area contributed by atoms with Crippen LogP contribution >= 0.6 is 0 Å². The van der Waals surface area contributed by atoms with Crippen LogP contribution in [0.3, 0.4) is 0 Å². The Kier molecular flexibility index (Phi) is 3.62. The molecule has 0 saturated carbocycles. The monoisotopic (exact) mass is 138 g/mol. The van der Waals surface area contributed by atoms with Crippen molar-refractivity contribution >= 4 is 0 Å². The van der Waals surface area contributed by atoms with Crippen molar-refractivity contribution in [3.63, 3.8) is 0 Å². The molecule has 0 aliphatic carbocycles. The van der Waals surface area contributed by atoms with Crippen LogP contribution in [0.5, 0.6) is 0 Å². The van der Waals surface area contributed by atoms with Gasteiger partial charge in [-0.2, -0.15) is 0 Å². The lowest BCUT2D eigenvalue weighted by molar-refractivity contribution is 0.812. The van der Waals surface area contributed by atoms with E-state index in [1.54, 1.807) is 18.6 Å². The van der Waals surface area contributed by atoms with Gasteiger partial charge in [0.2, 0.25) is 0 Å². The first-order valence-electron chi connectivity index (χ1n) is 3.06. The van der Waals surface area contributed by atoms with Gasteiger partial charge < -0.3 is 0 Å². The third-order valence-electron chi connectivity index (χ3n) is 1.17. The Morgan fingerprint density at radius 2 is 2.00 bits per heavy atom. The molecule has 0 radical (unpaired) electrons. The van der Waals surface area contributed by atoms with Gasteiger partial charge in [-0.25, -0.2) is 0 Å². The van der Waals surface area contributed by atoms with Crippen molar-refractivity contribution in [3.8, 4) is 0 Å². The van der Waals surface area contributed by atoms with E-state index in [0.29, 0.717) is 5.92 Å². The summed E-state index contributed by atoms with van der Waals surface area (Å²) in [4.78, 5) is 8.06. The van der Waals surface area contributed by atoms with E-state index in [1.165, 1.54) is 0 Å². The molecular formula is C8H14N2. The predicted octanol–water partition coefficient (Wildman–Crippen LogP) is 2.24. The van der Waals surface area contributed by atoms with Gasteiger partial charge in [0.15, 0.2) is 0 Å². The van der Waals surface area contributed by atoms with Gasteiger partial charge >= 0.3 is 0 Å². The van der Waals surface area contributed by atoms with Crippen molar-refractivity contribution < 1.29 is 0 Å². The van der Waals surface area contributed by atoms with E-state index >= 15 is 0 Å². The molecule has 0 atom stereocenters. The molecule has 0 N–H and O–H groups in total. The lowest BCUT2D eigenvalue weighted by Gasteiger charge is -1.99. The molecule has 0 aliphatic rings. The van der Waals surface area contributed by atoms with E-state index in [0.717, 1.165) is 5.69 Å². The fourth-order valence-electron chi connectivity index (χ4n) is 0.609. The van der Waals surface area contributed by atoms with Crippen molar-refractivity contribution in [3.05, 3.63) is 24.3 Å². The average Bonchev–Trinajstić information content (AvgIpc) is 1.90. The van der Waals surface area contributed by atoms with Crippen molar-refractivity contribution in [1.82, 2.24) is 9.97 Å². The Balaban J connectivity index is 0.000000810. The lowest BCUT2D eigenvalue weighted by atomic mass is 10.1. The summed E-state index contributed by atoms with van der Waals surface area (Å²) < 4.78 is 0. The molecule has 0 bridgehead atoms. The molecule has 0 saturated heterocycles. The van der Waals surface area contributed by atoms with Crippen LogP contribution in [0.1, 0.15) is 32.9 Å². The third kappa shape index (κ3) is 2.13. The van der Waals surface area contributed by atoms with Crippen LogP contribution in [0.2, 0.25) is 0 Å². The van der Waals surface area contributed by atoms with Gasteiger partial charge in [0.05, 0.1) is 5.69 Å². The highest BCUT2D eigenvalue weighted by molar-refractivity contribution is 4.99. The van der Waals surface area contributed by atoms with E-state index in [4.69, 9.17) is 0 Å². The summed E-state index contributed by atoms with van der Waals surface area (Å²) in [7, 11) is 0. The normalized spacial score (nSPS) is 9.10. The molecule has 0 spiro atoms. The number of aromatic nitrogens is 2. The first kappa shape index (κ1) is 9.08. The molecular weight excluding hydrogens is 124 g/mol. The Hall–Kier alpha value is -0.920. The highest BCUT2D eigenvalue weighted by Crippen LogP contribution is 2.06. The van der Waals surface area contributed by atoms with Crippen LogP contribution in [0.4, 0.5) is 0 Å². The van der Waals surface area contributed by atoms with Crippen LogP contribution in [-0.2, 0) is 0 Å². The topological polar surface area (TPSA) is 25.8 Å². The van der Waals surface area contributed by atoms with Gasteiger partial charge in [-0.15, -0.1) is 0 Å². The van der Waals surface area contributed by atoms with Crippen LogP contribution in [0.15, 0.2) is 18.6 Å². The maximum Gasteiger partial charge on any atom is 0.0612 e. The first-order chi connectivity index (χ1) is 4.30. The second-order valence-corrected chi connectivity index (χ2v) is 2.28. The van der Waals surface area contributed by atoms with E-state index in [9.17, 15) is 0 Å². The van der Waals surface area contributed by atoms with Crippen LogP contribution in [0, 0.1) is 0 Å². The van der Waals surface area contributed by atoms with E-state index in [2.05, 4.69) is 23.8 Å². The van der Waals surface area contributed by atoms with E-state index in [1.807, 2.05) is 0 Å². The Labute approximate surface area is 62.3 Å². The molecule has 0 fully saturated rings. The zero-order valence-electron chi connectivity index (χ0n) is 5.70. The molecule has 1 heterocycles. The molecule has 1 rings (SSSR count). The number of rotatable bonds is 1.